The van der Waals surface area contributed by atoms with Crippen molar-refractivity contribution in [2.75, 3.05) is 5.73 Å². The van der Waals surface area contributed by atoms with Crippen LogP contribution in [0.1, 0.15) is 0 Å². The summed E-state index contributed by atoms with van der Waals surface area (Å²) >= 11 is 6.43. The molecule has 0 aliphatic heterocycles. The summed E-state index contributed by atoms with van der Waals surface area (Å²) < 4.78 is 24.4. The molecule has 0 heterocycles. The summed E-state index contributed by atoms with van der Waals surface area (Å²) in [6, 6.07) is 12.0. The van der Waals surface area contributed by atoms with Crippen LogP contribution in [0.3, 0.4) is 0 Å². The molecule has 0 saturated heterocycles. The van der Waals surface area contributed by atoms with Gasteiger partial charge in [0.05, 0.1) is 0 Å². The molecule has 0 atom stereocenters. The lowest BCUT2D eigenvalue weighted by Crippen LogP contribution is -1.90. The largest absolute Gasteiger partial charge is 0.398 e. The van der Waals surface area contributed by atoms with Crippen molar-refractivity contribution in [2.24, 2.45) is 0 Å². The van der Waals surface area contributed by atoms with Gasteiger partial charge in [0.1, 0.15) is 0 Å². The molecule has 0 spiro atoms. The molecule has 0 fully saturated rings. The van der Waals surface area contributed by atoms with Gasteiger partial charge in [-0.1, -0.05) is 35.5 Å². The summed E-state index contributed by atoms with van der Waals surface area (Å²) in [6.07, 6.45) is 0. The normalized spacial score (nSPS) is 10.9. The van der Waals surface area contributed by atoms with Crippen LogP contribution in [0.4, 0.5) is 14.5 Å². The Hall–Kier alpha value is -1.26. The van der Waals surface area contributed by atoms with Gasteiger partial charge in [0.2, 0.25) is 0 Å². The fourth-order valence-corrected chi connectivity index (χ4v) is 2.27. The molecular formula is C13H10ClF2NS. The van der Waals surface area contributed by atoms with E-state index in [0.29, 0.717) is 27.4 Å². The monoisotopic (exact) mass is 285 g/mol. The van der Waals surface area contributed by atoms with E-state index in [-0.39, 0.29) is 0 Å². The molecule has 0 amide bonds. The highest BCUT2D eigenvalue weighted by molar-refractivity contribution is 7.99. The van der Waals surface area contributed by atoms with Crippen LogP contribution < -0.4 is 5.73 Å². The average molecular weight is 286 g/mol. The summed E-state index contributed by atoms with van der Waals surface area (Å²) in [6.45, 7) is 0. The van der Waals surface area contributed by atoms with Crippen molar-refractivity contribution in [3.63, 3.8) is 0 Å². The van der Waals surface area contributed by atoms with E-state index in [1.54, 1.807) is 42.5 Å². The van der Waals surface area contributed by atoms with E-state index in [0.717, 1.165) is 11.1 Å². The SMILES string of the molecule is Nc1ccc(Cl)cc1-c1ccc(SC(F)F)cc1. The maximum Gasteiger partial charge on any atom is 0.288 e. The Labute approximate surface area is 113 Å². The van der Waals surface area contributed by atoms with Crippen molar-refractivity contribution in [3.05, 3.63) is 47.5 Å². The molecule has 0 aliphatic rings. The van der Waals surface area contributed by atoms with E-state index in [1.807, 2.05) is 0 Å². The van der Waals surface area contributed by atoms with Gasteiger partial charge in [-0.05, 0) is 35.9 Å². The smallest absolute Gasteiger partial charge is 0.288 e. The summed E-state index contributed by atoms with van der Waals surface area (Å²) in [5.74, 6) is -2.41. The lowest BCUT2D eigenvalue weighted by molar-refractivity contribution is 0.252. The maximum atomic E-state index is 12.2. The molecule has 0 saturated carbocycles. The van der Waals surface area contributed by atoms with Crippen LogP contribution in [0.5, 0.6) is 0 Å². The third-order valence-corrected chi connectivity index (χ3v) is 3.36. The van der Waals surface area contributed by atoms with Crippen molar-refractivity contribution in [1.29, 1.82) is 0 Å². The molecule has 2 N–H and O–H groups in total. The van der Waals surface area contributed by atoms with Gasteiger partial charge in [-0.25, -0.2) is 0 Å². The zero-order valence-electron chi connectivity index (χ0n) is 9.24. The Balaban J connectivity index is 2.31. The molecule has 0 aliphatic carbocycles. The number of hydrogen-bond acceptors (Lipinski definition) is 2. The number of rotatable bonds is 3. The van der Waals surface area contributed by atoms with Gasteiger partial charge in [-0.2, -0.15) is 8.78 Å². The number of benzene rings is 2. The standard InChI is InChI=1S/C13H10ClF2NS/c14-9-3-6-12(17)11(7-9)8-1-4-10(5-2-8)18-13(15)16/h1-7,13H,17H2. The van der Waals surface area contributed by atoms with Crippen molar-refractivity contribution >= 4 is 29.1 Å². The van der Waals surface area contributed by atoms with Crippen LogP contribution in [0, 0.1) is 0 Å². The highest BCUT2D eigenvalue weighted by Crippen LogP contribution is 2.31. The molecular weight excluding hydrogens is 276 g/mol. The highest BCUT2D eigenvalue weighted by atomic mass is 35.5. The maximum absolute atomic E-state index is 12.2. The van der Waals surface area contributed by atoms with E-state index in [4.69, 9.17) is 17.3 Å². The van der Waals surface area contributed by atoms with Crippen LogP contribution in [0.2, 0.25) is 5.02 Å². The first-order valence-electron chi connectivity index (χ1n) is 5.16. The second-order valence-corrected chi connectivity index (χ2v) is 5.13. The number of anilines is 1. The van der Waals surface area contributed by atoms with Crippen LogP contribution in [-0.2, 0) is 0 Å². The van der Waals surface area contributed by atoms with Gasteiger partial charge in [0.15, 0.2) is 0 Å². The summed E-state index contributed by atoms with van der Waals surface area (Å²) in [4.78, 5) is 0.523. The molecule has 0 bridgehead atoms. The molecule has 18 heavy (non-hydrogen) atoms. The van der Waals surface area contributed by atoms with Gasteiger partial charge >= 0.3 is 0 Å². The lowest BCUT2D eigenvalue weighted by Gasteiger charge is -2.07. The first-order valence-corrected chi connectivity index (χ1v) is 6.42. The molecule has 5 heteroatoms. The Morgan fingerprint density at radius 3 is 2.33 bits per heavy atom. The minimum Gasteiger partial charge on any atom is -0.398 e. The summed E-state index contributed by atoms with van der Waals surface area (Å²) in [5.41, 5.74) is 8.12. The zero-order chi connectivity index (χ0) is 13.1. The molecule has 1 nitrogen and oxygen atoms in total. The Morgan fingerprint density at radius 1 is 1.06 bits per heavy atom. The van der Waals surface area contributed by atoms with E-state index in [2.05, 4.69) is 0 Å². The second kappa shape index (κ2) is 5.59. The number of nitrogen functional groups attached to an aromatic ring is 1. The molecule has 0 radical (unpaired) electrons. The van der Waals surface area contributed by atoms with E-state index in [1.165, 1.54) is 0 Å². The minimum atomic E-state index is -2.41. The van der Waals surface area contributed by atoms with E-state index < -0.39 is 5.76 Å². The number of alkyl halides is 2. The number of hydrogen-bond donors (Lipinski definition) is 1. The topological polar surface area (TPSA) is 26.0 Å². The fourth-order valence-electron chi connectivity index (χ4n) is 1.59. The minimum absolute atomic E-state index is 0.519. The van der Waals surface area contributed by atoms with Crippen LogP contribution in [0.25, 0.3) is 11.1 Å². The van der Waals surface area contributed by atoms with Crippen LogP contribution in [0.15, 0.2) is 47.4 Å². The van der Waals surface area contributed by atoms with Gasteiger partial charge < -0.3 is 5.73 Å². The van der Waals surface area contributed by atoms with E-state index in [9.17, 15) is 8.78 Å². The third-order valence-electron chi connectivity index (χ3n) is 2.41. The van der Waals surface area contributed by atoms with Crippen molar-refractivity contribution < 1.29 is 8.78 Å². The number of halogens is 3. The van der Waals surface area contributed by atoms with Crippen molar-refractivity contribution in [2.45, 2.75) is 10.7 Å². The van der Waals surface area contributed by atoms with Gasteiger partial charge in [0, 0.05) is 21.2 Å². The van der Waals surface area contributed by atoms with Gasteiger partial charge in [-0.3, -0.25) is 0 Å². The quantitative estimate of drug-likeness (QED) is 0.641. The van der Waals surface area contributed by atoms with Crippen molar-refractivity contribution in [3.8, 4) is 11.1 Å². The van der Waals surface area contributed by atoms with Crippen LogP contribution in [-0.4, -0.2) is 5.76 Å². The zero-order valence-corrected chi connectivity index (χ0v) is 10.8. The third kappa shape index (κ3) is 3.15. The average Bonchev–Trinajstić information content (AvgIpc) is 2.33. The molecule has 2 rings (SSSR count). The van der Waals surface area contributed by atoms with Crippen LogP contribution >= 0.6 is 23.4 Å². The predicted octanol–water partition coefficient (Wildman–Crippen LogP) is 4.90. The Bertz CT molecular complexity index is 543. The van der Waals surface area contributed by atoms with E-state index >= 15 is 0 Å². The molecule has 2 aromatic carbocycles. The van der Waals surface area contributed by atoms with Gasteiger partial charge in [0.25, 0.3) is 5.76 Å². The second-order valence-electron chi connectivity index (χ2n) is 3.63. The number of thioether (sulfide) groups is 1. The first kappa shape index (κ1) is 13.2. The molecule has 0 aromatic heterocycles. The number of nitrogens with two attached hydrogens (primary N) is 1. The van der Waals surface area contributed by atoms with Crippen molar-refractivity contribution in [1.82, 2.24) is 0 Å². The fraction of sp³-hybridized carbons (Fsp3) is 0.0769. The summed E-state index contributed by atoms with van der Waals surface area (Å²) in [5, 5.41) is 0.588. The first-order chi connectivity index (χ1) is 8.56. The van der Waals surface area contributed by atoms with Gasteiger partial charge in [-0.15, -0.1) is 0 Å². The summed E-state index contributed by atoms with van der Waals surface area (Å²) in [7, 11) is 0. The Morgan fingerprint density at radius 2 is 1.72 bits per heavy atom. The molecule has 94 valence electrons. The highest BCUT2D eigenvalue weighted by Gasteiger charge is 2.07. The lowest BCUT2D eigenvalue weighted by atomic mass is 10.0. The predicted molar refractivity (Wildman–Crippen MR) is 73.2 cm³/mol. The molecule has 2 aromatic rings. The Kier molecular flexibility index (Phi) is 4.09. The molecule has 0 unspecified atom stereocenters.